The van der Waals surface area contributed by atoms with E-state index in [1.807, 2.05) is 10.9 Å². The van der Waals surface area contributed by atoms with Crippen LogP contribution < -0.4 is 0 Å². The van der Waals surface area contributed by atoms with Crippen molar-refractivity contribution in [2.24, 2.45) is 5.92 Å². The van der Waals surface area contributed by atoms with Gasteiger partial charge in [0, 0.05) is 32.4 Å². The predicted octanol–water partition coefficient (Wildman–Crippen LogP) is 2.81. The van der Waals surface area contributed by atoms with E-state index < -0.39 is 0 Å². The molecular weight excluding hydrogens is 290 g/mol. The Morgan fingerprint density at radius 1 is 1.30 bits per heavy atom. The molecule has 0 N–H and O–H groups in total. The summed E-state index contributed by atoms with van der Waals surface area (Å²) in [5.41, 5.74) is 1.33. The lowest BCUT2D eigenvalue weighted by Gasteiger charge is -2.37. The molecule has 2 aliphatic rings. The van der Waals surface area contributed by atoms with Gasteiger partial charge in [-0.15, -0.1) is 0 Å². The molecule has 0 radical (unpaired) electrons. The van der Waals surface area contributed by atoms with E-state index in [1.165, 1.54) is 5.56 Å². The Hall–Kier alpha value is -1.36. The molecule has 1 amide bonds. The molecule has 0 aliphatic carbocycles. The fourth-order valence-corrected chi connectivity index (χ4v) is 3.96. The molecule has 2 saturated heterocycles. The zero-order valence-corrected chi connectivity index (χ0v) is 14.4. The maximum absolute atomic E-state index is 12.8. The van der Waals surface area contributed by atoms with E-state index in [2.05, 4.69) is 30.0 Å². The lowest BCUT2D eigenvalue weighted by Crippen LogP contribution is -2.46. The standard InChI is InChI=1S/C18H29N3O2/c1-3-17-16(6-5-11-23-17)18(22)20-9-7-14(8-10-20)15-12-19-21(4-2)13-15/h12-14,16-17H,3-11H2,1-2H3/t16-,17-/m1/s1. The summed E-state index contributed by atoms with van der Waals surface area (Å²) in [5.74, 6) is 0.941. The van der Waals surface area contributed by atoms with Crippen molar-refractivity contribution in [1.29, 1.82) is 0 Å². The third-order valence-electron chi connectivity index (χ3n) is 5.41. The molecule has 0 unspecified atom stereocenters. The summed E-state index contributed by atoms with van der Waals surface area (Å²) < 4.78 is 7.78. The summed E-state index contributed by atoms with van der Waals surface area (Å²) in [7, 11) is 0. The number of aromatic nitrogens is 2. The Balaban J connectivity index is 1.56. The van der Waals surface area contributed by atoms with Crippen molar-refractivity contribution in [3.05, 3.63) is 18.0 Å². The van der Waals surface area contributed by atoms with Crippen molar-refractivity contribution in [2.75, 3.05) is 19.7 Å². The molecule has 2 fully saturated rings. The third-order valence-corrected chi connectivity index (χ3v) is 5.41. The van der Waals surface area contributed by atoms with Gasteiger partial charge in [0.05, 0.1) is 18.2 Å². The number of hydrogen-bond donors (Lipinski definition) is 0. The minimum absolute atomic E-state index is 0.0770. The summed E-state index contributed by atoms with van der Waals surface area (Å²) in [5, 5.41) is 4.38. The first-order chi connectivity index (χ1) is 11.2. The fraction of sp³-hybridized carbons (Fsp3) is 0.778. The highest BCUT2D eigenvalue weighted by atomic mass is 16.5. The van der Waals surface area contributed by atoms with Crippen LogP contribution in [0.3, 0.4) is 0 Å². The molecule has 2 atom stereocenters. The van der Waals surface area contributed by atoms with Crippen LogP contribution in [0.1, 0.15) is 57.4 Å². The monoisotopic (exact) mass is 319 g/mol. The van der Waals surface area contributed by atoms with Crippen LogP contribution in [0.2, 0.25) is 0 Å². The predicted molar refractivity (Wildman–Crippen MR) is 89.2 cm³/mol. The van der Waals surface area contributed by atoms with Crippen molar-refractivity contribution < 1.29 is 9.53 Å². The number of piperidine rings is 1. The number of nitrogens with zero attached hydrogens (tertiary/aromatic N) is 3. The summed E-state index contributed by atoms with van der Waals surface area (Å²) in [6.45, 7) is 7.69. The SMILES string of the molecule is CC[C@H]1OCCC[C@H]1C(=O)N1CCC(c2cnn(CC)c2)CC1. The molecule has 0 saturated carbocycles. The van der Waals surface area contributed by atoms with Crippen molar-refractivity contribution in [3.63, 3.8) is 0 Å². The molecule has 0 spiro atoms. The molecule has 1 aromatic heterocycles. The van der Waals surface area contributed by atoms with Crippen LogP contribution >= 0.6 is 0 Å². The van der Waals surface area contributed by atoms with Gasteiger partial charge in [-0.3, -0.25) is 9.48 Å². The Bertz CT molecular complexity index is 520. The second-order valence-corrected chi connectivity index (χ2v) is 6.80. The molecule has 1 aromatic rings. The largest absolute Gasteiger partial charge is 0.377 e. The Morgan fingerprint density at radius 3 is 2.74 bits per heavy atom. The van der Waals surface area contributed by atoms with Crippen LogP contribution in [0, 0.1) is 5.92 Å². The molecule has 23 heavy (non-hydrogen) atoms. The minimum atomic E-state index is 0.0770. The second-order valence-electron chi connectivity index (χ2n) is 6.80. The molecule has 2 aliphatic heterocycles. The van der Waals surface area contributed by atoms with Gasteiger partial charge in [0.2, 0.25) is 5.91 Å². The maximum Gasteiger partial charge on any atom is 0.228 e. The Kier molecular flexibility index (Phi) is 5.36. The van der Waals surface area contributed by atoms with E-state index >= 15 is 0 Å². The first-order valence-corrected chi connectivity index (χ1v) is 9.15. The number of aryl methyl sites for hydroxylation is 1. The fourth-order valence-electron chi connectivity index (χ4n) is 3.96. The Morgan fingerprint density at radius 2 is 2.09 bits per heavy atom. The molecule has 5 heteroatoms. The summed E-state index contributed by atoms with van der Waals surface area (Å²) in [4.78, 5) is 14.9. The molecular formula is C18H29N3O2. The van der Waals surface area contributed by atoms with E-state index in [0.29, 0.717) is 11.8 Å². The van der Waals surface area contributed by atoms with Crippen molar-refractivity contribution >= 4 is 5.91 Å². The van der Waals surface area contributed by atoms with Gasteiger partial charge in [-0.05, 0) is 50.5 Å². The van der Waals surface area contributed by atoms with Gasteiger partial charge < -0.3 is 9.64 Å². The van der Waals surface area contributed by atoms with Gasteiger partial charge in [-0.2, -0.15) is 5.10 Å². The van der Waals surface area contributed by atoms with Crippen molar-refractivity contribution in [1.82, 2.24) is 14.7 Å². The summed E-state index contributed by atoms with van der Waals surface area (Å²) >= 11 is 0. The van der Waals surface area contributed by atoms with Gasteiger partial charge in [0.1, 0.15) is 0 Å². The van der Waals surface area contributed by atoms with Crippen LogP contribution in [0.5, 0.6) is 0 Å². The normalized spacial score (nSPS) is 26.4. The van der Waals surface area contributed by atoms with E-state index in [9.17, 15) is 4.79 Å². The van der Waals surface area contributed by atoms with Crippen LogP contribution in [-0.2, 0) is 16.1 Å². The number of hydrogen-bond acceptors (Lipinski definition) is 3. The number of carbonyl (C=O) groups is 1. The van der Waals surface area contributed by atoms with Crippen LogP contribution in [-0.4, -0.2) is 46.4 Å². The first kappa shape index (κ1) is 16.5. The Labute approximate surface area is 139 Å². The first-order valence-electron chi connectivity index (χ1n) is 9.15. The maximum atomic E-state index is 12.8. The molecule has 5 nitrogen and oxygen atoms in total. The van der Waals surface area contributed by atoms with E-state index in [-0.39, 0.29) is 12.0 Å². The van der Waals surface area contributed by atoms with Gasteiger partial charge in [0.25, 0.3) is 0 Å². The van der Waals surface area contributed by atoms with Crippen molar-refractivity contribution in [3.8, 4) is 0 Å². The smallest absolute Gasteiger partial charge is 0.228 e. The summed E-state index contributed by atoms with van der Waals surface area (Å²) in [6.07, 6.45) is 9.30. The van der Waals surface area contributed by atoms with Gasteiger partial charge in [-0.1, -0.05) is 6.92 Å². The molecule has 3 heterocycles. The highest BCUT2D eigenvalue weighted by molar-refractivity contribution is 5.79. The summed E-state index contributed by atoms with van der Waals surface area (Å²) in [6, 6.07) is 0. The minimum Gasteiger partial charge on any atom is -0.377 e. The average Bonchev–Trinajstić information content (AvgIpc) is 3.10. The van der Waals surface area contributed by atoms with Gasteiger partial charge in [-0.25, -0.2) is 0 Å². The molecule has 0 aromatic carbocycles. The van der Waals surface area contributed by atoms with E-state index in [4.69, 9.17) is 4.74 Å². The highest BCUT2D eigenvalue weighted by Crippen LogP contribution is 2.31. The quantitative estimate of drug-likeness (QED) is 0.857. The van der Waals surface area contributed by atoms with Crippen LogP contribution in [0.25, 0.3) is 0 Å². The van der Waals surface area contributed by atoms with Crippen molar-refractivity contribution in [2.45, 2.75) is 64.5 Å². The highest BCUT2D eigenvalue weighted by Gasteiger charge is 2.35. The average molecular weight is 319 g/mol. The van der Waals surface area contributed by atoms with Crippen LogP contribution in [0.15, 0.2) is 12.4 Å². The molecule has 3 rings (SSSR count). The number of rotatable bonds is 4. The van der Waals surface area contributed by atoms with Crippen LogP contribution in [0.4, 0.5) is 0 Å². The number of amides is 1. The van der Waals surface area contributed by atoms with E-state index in [1.54, 1.807) is 0 Å². The number of ether oxygens (including phenoxy) is 1. The molecule has 0 bridgehead atoms. The van der Waals surface area contributed by atoms with E-state index in [0.717, 1.165) is 58.3 Å². The lowest BCUT2D eigenvalue weighted by molar-refractivity contribution is -0.146. The van der Waals surface area contributed by atoms with Gasteiger partial charge >= 0.3 is 0 Å². The zero-order chi connectivity index (χ0) is 16.2. The second kappa shape index (κ2) is 7.47. The number of carbonyl (C=O) groups excluding carboxylic acids is 1. The number of likely N-dealkylation sites (tertiary alicyclic amines) is 1. The third kappa shape index (κ3) is 3.60. The lowest BCUT2D eigenvalue weighted by atomic mass is 9.88. The van der Waals surface area contributed by atoms with Gasteiger partial charge in [0.15, 0.2) is 0 Å². The zero-order valence-electron chi connectivity index (χ0n) is 14.4. The topological polar surface area (TPSA) is 47.4 Å². The molecule has 128 valence electrons.